The molecule has 2 aliphatic heterocycles. The third-order valence-corrected chi connectivity index (χ3v) is 9.68. The number of aromatic nitrogens is 2. The van der Waals surface area contributed by atoms with Crippen LogP contribution in [0, 0.1) is 13.8 Å². The second-order valence-corrected chi connectivity index (χ2v) is 13.6. The number of nitrogens with zero attached hydrogens (tertiary/aromatic N) is 4. The third-order valence-electron chi connectivity index (χ3n) is 9.68. The van der Waals surface area contributed by atoms with Crippen molar-refractivity contribution in [2.24, 2.45) is 0 Å². The van der Waals surface area contributed by atoms with Crippen molar-refractivity contribution in [3.05, 3.63) is 145 Å². The second-order valence-electron chi connectivity index (χ2n) is 13.6. The molecule has 0 unspecified atom stereocenters. The van der Waals surface area contributed by atoms with Gasteiger partial charge in [0, 0.05) is 50.5 Å². The molecule has 8 rings (SSSR count). The fourth-order valence-corrected chi connectivity index (χ4v) is 6.83. The Balaban J connectivity index is 0.000000234. The summed E-state index contributed by atoms with van der Waals surface area (Å²) in [7, 11) is 1.73. The Labute approximate surface area is 368 Å². The first-order chi connectivity index (χ1) is 26.9. The predicted molar refractivity (Wildman–Crippen MR) is 233 cm³/mol. The van der Waals surface area contributed by atoms with Crippen molar-refractivity contribution in [3.8, 4) is 45.5 Å². The smallest absolute Gasteiger partial charge is 1.00 e. The maximum absolute atomic E-state index is 10.5. The molecule has 2 aliphatic rings. The molecule has 2 atom stereocenters. The Kier molecular flexibility index (Phi) is 16.3. The van der Waals surface area contributed by atoms with Crippen LogP contribution in [-0.4, -0.2) is 65.5 Å². The summed E-state index contributed by atoms with van der Waals surface area (Å²) in [6, 6.07) is 40.6. The summed E-state index contributed by atoms with van der Waals surface area (Å²) >= 11 is 2.15. The Hall–Kier alpha value is -4.29. The number of ether oxygens (including phenoxy) is 3. The summed E-state index contributed by atoms with van der Waals surface area (Å²) in [5.41, 5.74) is 8.69. The van der Waals surface area contributed by atoms with Crippen molar-refractivity contribution in [1.82, 2.24) is 9.97 Å². The van der Waals surface area contributed by atoms with Crippen LogP contribution in [0.25, 0.3) is 22.3 Å². The van der Waals surface area contributed by atoms with Crippen LogP contribution >= 0.6 is 22.6 Å². The summed E-state index contributed by atoms with van der Waals surface area (Å²) in [4.78, 5) is 15.1. The molecule has 10 heteroatoms. The Morgan fingerprint density at radius 3 is 1.52 bits per heavy atom. The maximum atomic E-state index is 10.5. The quantitative estimate of drug-likeness (QED) is 0.0922. The monoisotopic (exact) mass is 872 g/mol. The van der Waals surface area contributed by atoms with E-state index in [9.17, 15) is 5.11 Å². The molecule has 2 aromatic heterocycles. The van der Waals surface area contributed by atoms with Crippen LogP contribution in [0.1, 0.15) is 25.4 Å². The van der Waals surface area contributed by atoms with Gasteiger partial charge in [0.05, 0.1) is 31.6 Å². The molecular weight excluding hydrogens is 822 g/mol. The van der Waals surface area contributed by atoms with E-state index in [1.807, 2.05) is 104 Å². The van der Waals surface area contributed by atoms with E-state index in [1.165, 1.54) is 5.56 Å². The number of hydrogen-bond acceptors (Lipinski definition) is 8. The molecular formula is C46H50IN4NaO4. The molecule has 4 aromatic carbocycles. The largest absolute Gasteiger partial charge is 1.00 e. The van der Waals surface area contributed by atoms with Crippen LogP contribution < -0.4 is 53.6 Å². The molecule has 2 fully saturated rings. The molecule has 0 aliphatic carbocycles. The average Bonchev–Trinajstić information content (AvgIpc) is 3.91. The van der Waals surface area contributed by atoms with Gasteiger partial charge in [-0.25, -0.2) is 9.97 Å². The summed E-state index contributed by atoms with van der Waals surface area (Å²) in [5.74, 6) is 2.55. The summed E-state index contributed by atoms with van der Waals surface area (Å²) in [5, 5.41) is 10.5. The van der Waals surface area contributed by atoms with Crippen molar-refractivity contribution >= 4 is 34.0 Å². The molecule has 56 heavy (non-hydrogen) atoms. The molecule has 0 saturated carbocycles. The van der Waals surface area contributed by atoms with Crippen molar-refractivity contribution in [2.75, 3.05) is 48.0 Å². The molecule has 8 nitrogen and oxygen atoms in total. The van der Waals surface area contributed by atoms with Gasteiger partial charge in [0.25, 0.3) is 0 Å². The van der Waals surface area contributed by atoms with E-state index >= 15 is 0 Å². The number of aromatic hydroxyl groups is 1. The predicted octanol–water partition coefficient (Wildman–Crippen LogP) is 7.31. The number of benzene rings is 4. The zero-order chi connectivity index (χ0) is 38.6. The molecule has 0 bridgehead atoms. The van der Waals surface area contributed by atoms with E-state index in [0.29, 0.717) is 17.5 Å². The number of methoxy groups -OCH3 is 1. The fourth-order valence-electron chi connectivity index (χ4n) is 6.83. The number of phenolic OH excluding ortho intramolecular Hbond substituents is 1. The van der Waals surface area contributed by atoms with Gasteiger partial charge in [-0.1, -0.05) is 108 Å². The van der Waals surface area contributed by atoms with Crippen LogP contribution in [0.2, 0.25) is 0 Å². The van der Waals surface area contributed by atoms with Crippen LogP contribution in [0.5, 0.6) is 23.3 Å². The number of phenols is 1. The average molecular weight is 873 g/mol. The van der Waals surface area contributed by atoms with Gasteiger partial charge in [0.15, 0.2) is 0 Å². The number of rotatable bonds is 9. The van der Waals surface area contributed by atoms with Gasteiger partial charge in [-0.3, -0.25) is 0 Å². The Bertz CT molecular complexity index is 2100. The SMILES string of the molecule is CI.COc1cc(-c2ccccc2)ccc1N1CC[C@@H](Oc2ccc(C)cn2)C1.Cc1ccc(O[C@@H]2CCN(c3ccc(-c4ccccc4)cc3O)C2)nc1.[H-].[Na+]. The van der Waals surface area contributed by atoms with Crippen molar-refractivity contribution in [2.45, 2.75) is 38.9 Å². The number of anilines is 2. The van der Waals surface area contributed by atoms with E-state index in [-0.39, 0.29) is 43.2 Å². The number of hydrogen-bond donors (Lipinski definition) is 1. The summed E-state index contributed by atoms with van der Waals surface area (Å²) < 4.78 is 17.7. The molecule has 6 aromatic rings. The fraction of sp³-hybridized carbons (Fsp3) is 0.261. The first-order valence-corrected chi connectivity index (χ1v) is 20.8. The van der Waals surface area contributed by atoms with Crippen molar-refractivity contribution in [1.29, 1.82) is 0 Å². The number of pyridine rings is 2. The Morgan fingerprint density at radius 2 is 1.07 bits per heavy atom. The van der Waals surface area contributed by atoms with E-state index in [0.717, 1.165) is 84.0 Å². The standard InChI is InChI=1S/C23H24N2O2.C22H22N2O2.CH3I.Na.H/c1-17-8-11-23(24-15-17)27-20-12-13-25(16-20)21-10-9-19(14-22(21)26-2)18-6-4-3-5-7-18;1-16-7-10-22(23-14-16)26-19-11-12-24(15-19)20-9-8-18(13-21(20)25)17-5-3-2-4-6-17;1-2;;/h3-11,14-15,20H,12-13,16H2,1-2H3;2-10,13-14,19,25H,11-12,15H2,1H3;1H3;;/q;;;+1;-1/t20-;19-;;;/m11.../s1. The van der Waals surface area contributed by atoms with Gasteiger partial charge in [-0.05, 0) is 76.4 Å². The molecule has 0 spiro atoms. The minimum Gasteiger partial charge on any atom is -1.00 e. The zero-order valence-electron chi connectivity index (χ0n) is 33.9. The van der Waals surface area contributed by atoms with Crippen LogP contribution in [-0.2, 0) is 0 Å². The van der Waals surface area contributed by atoms with Gasteiger partial charge >= 0.3 is 29.6 Å². The van der Waals surface area contributed by atoms with E-state index in [1.54, 1.807) is 7.11 Å². The second kappa shape index (κ2) is 21.3. The number of alkyl halides is 1. The van der Waals surface area contributed by atoms with Crippen LogP contribution in [0.3, 0.4) is 0 Å². The number of halogens is 1. The normalized spacial score (nSPS) is 15.7. The summed E-state index contributed by atoms with van der Waals surface area (Å²) in [6.07, 6.45) is 5.76. The number of aryl methyl sites for hydroxylation is 2. The molecule has 4 heterocycles. The van der Waals surface area contributed by atoms with Crippen LogP contribution in [0.4, 0.5) is 11.4 Å². The minimum absolute atomic E-state index is 0. The third kappa shape index (κ3) is 11.4. The van der Waals surface area contributed by atoms with Crippen molar-refractivity contribution < 1.29 is 50.3 Å². The van der Waals surface area contributed by atoms with E-state index < -0.39 is 0 Å². The molecule has 1 N–H and O–H groups in total. The van der Waals surface area contributed by atoms with Gasteiger partial charge in [-0.2, -0.15) is 0 Å². The van der Waals surface area contributed by atoms with Crippen molar-refractivity contribution in [3.63, 3.8) is 0 Å². The molecule has 0 radical (unpaired) electrons. The zero-order valence-corrected chi connectivity index (χ0v) is 37.1. The minimum atomic E-state index is 0. The first kappa shape index (κ1) is 42.8. The Morgan fingerprint density at radius 1 is 0.607 bits per heavy atom. The molecule has 2 saturated heterocycles. The van der Waals surface area contributed by atoms with Gasteiger partial charge in [0.2, 0.25) is 11.8 Å². The maximum Gasteiger partial charge on any atom is 1.00 e. The van der Waals surface area contributed by atoms with E-state index in [4.69, 9.17) is 14.2 Å². The topological polar surface area (TPSA) is 80.2 Å². The van der Waals surface area contributed by atoms with Gasteiger partial charge < -0.3 is 30.5 Å². The molecule has 286 valence electrons. The van der Waals surface area contributed by atoms with Gasteiger partial charge in [-0.15, -0.1) is 0 Å². The summed E-state index contributed by atoms with van der Waals surface area (Å²) in [6.45, 7) is 7.41. The van der Waals surface area contributed by atoms with Crippen LogP contribution in [0.15, 0.2) is 134 Å². The first-order valence-electron chi connectivity index (χ1n) is 18.6. The van der Waals surface area contributed by atoms with Gasteiger partial charge in [0.1, 0.15) is 23.7 Å². The van der Waals surface area contributed by atoms with E-state index in [2.05, 4.69) is 90.9 Å². The molecule has 0 amide bonds.